The maximum Gasteiger partial charge on any atom is 0.419 e. The number of carboxylic acid groups (broad SMARTS) is 1. The predicted octanol–water partition coefficient (Wildman–Crippen LogP) is 4.97. The number of anilines is 3. The normalized spacial score (nSPS) is 14.8. The zero-order valence-electron chi connectivity index (χ0n) is 19.5. The van der Waals surface area contributed by atoms with Crippen LogP contribution in [0.1, 0.15) is 40.4 Å². The molecule has 1 aliphatic heterocycles. The lowest BCUT2D eigenvalue weighted by Crippen LogP contribution is -2.35. The quantitative estimate of drug-likeness (QED) is 0.359. The summed E-state index contributed by atoms with van der Waals surface area (Å²) in [6.07, 6.45) is 0.900. The fraction of sp³-hybridized carbons (Fsp3) is 0.292. The number of halogens is 4. The van der Waals surface area contributed by atoms with Gasteiger partial charge >= 0.3 is 12.1 Å². The summed E-state index contributed by atoms with van der Waals surface area (Å²) in [5.74, 6) is -1.08. The van der Waals surface area contributed by atoms with Crippen LogP contribution in [0.25, 0.3) is 11.0 Å². The van der Waals surface area contributed by atoms with Gasteiger partial charge in [-0.25, -0.2) is 29.1 Å². The van der Waals surface area contributed by atoms with Crippen molar-refractivity contribution in [3.63, 3.8) is 0 Å². The van der Waals surface area contributed by atoms with Crippen molar-refractivity contribution in [1.29, 1.82) is 0 Å². The first-order chi connectivity index (χ1) is 17.6. The molecule has 3 aromatic heterocycles. The summed E-state index contributed by atoms with van der Waals surface area (Å²) in [5.41, 5.74) is 0.879. The summed E-state index contributed by atoms with van der Waals surface area (Å²) in [4.78, 5) is 29.2. The van der Waals surface area contributed by atoms with Crippen LogP contribution in [0, 0.1) is 12.7 Å². The lowest BCUT2D eigenvalue weighted by Gasteiger charge is -2.32. The van der Waals surface area contributed by atoms with Crippen LogP contribution in [0.2, 0.25) is 0 Å². The molecule has 37 heavy (non-hydrogen) atoms. The molecular weight excluding hydrogens is 494 g/mol. The van der Waals surface area contributed by atoms with Gasteiger partial charge in [0.1, 0.15) is 17.8 Å². The van der Waals surface area contributed by atoms with Crippen molar-refractivity contribution in [2.75, 3.05) is 23.3 Å². The van der Waals surface area contributed by atoms with Gasteiger partial charge < -0.3 is 19.9 Å². The van der Waals surface area contributed by atoms with Crippen molar-refractivity contribution in [3.05, 3.63) is 65.6 Å². The highest BCUT2D eigenvalue weighted by atomic mass is 19.4. The number of hydrogen-bond donors (Lipinski definition) is 2. The lowest BCUT2D eigenvalue weighted by molar-refractivity contribution is -0.138. The third kappa shape index (κ3) is 4.76. The number of hydrogen-bond acceptors (Lipinski definition) is 7. The number of rotatable bonds is 5. The number of aryl methyl sites for hydroxylation is 1. The average Bonchev–Trinajstić information content (AvgIpc) is 3.22. The van der Waals surface area contributed by atoms with E-state index in [1.54, 1.807) is 22.5 Å². The maximum absolute atomic E-state index is 15.1. The minimum atomic E-state index is -4.50. The van der Waals surface area contributed by atoms with Crippen molar-refractivity contribution < 1.29 is 27.5 Å². The van der Waals surface area contributed by atoms with Crippen LogP contribution in [-0.2, 0) is 6.18 Å². The summed E-state index contributed by atoms with van der Waals surface area (Å²) in [7, 11) is 0. The molecule has 2 N–H and O–H groups in total. The number of alkyl halides is 3. The Morgan fingerprint density at radius 1 is 1.11 bits per heavy atom. The van der Waals surface area contributed by atoms with E-state index in [1.165, 1.54) is 24.7 Å². The molecule has 0 aliphatic carbocycles. The maximum atomic E-state index is 15.1. The third-order valence-corrected chi connectivity index (χ3v) is 6.40. The topological polar surface area (TPSA) is 109 Å². The summed E-state index contributed by atoms with van der Waals surface area (Å²) in [6, 6.07) is 4.46. The number of fused-ring (bicyclic) bond motifs is 1. The number of nitrogens with one attached hydrogen (secondary N) is 1. The average molecular weight is 515 g/mol. The number of carbonyl (C=O) groups is 1. The van der Waals surface area contributed by atoms with E-state index in [9.17, 15) is 23.1 Å². The molecule has 0 bridgehead atoms. The second-order valence-electron chi connectivity index (χ2n) is 8.75. The highest BCUT2D eigenvalue weighted by molar-refractivity contribution is 5.91. The largest absolute Gasteiger partial charge is 0.478 e. The molecule has 13 heteroatoms. The van der Waals surface area contributed by atoms with E-state index in [4.69, 9.17) is 0 Å². The summed E-state index contributed by atoms with van der Waals surface area (Å²) in [5, 5.41) is 12.5. The van der Waals surface area contributed by atoms with Gasteiger partial charge in [-0.15, -0.1) is 0 Å². The van der Waals surface area contributed by atoms with Crippen molar-refractivity contribution in [2.24, 2.45) is 0 Å². The van der Waals surface area contributed by atoms with E-state index in [1.807, 2.05) is 0 Å². The second-order valence-corrected chi connectivity index (χ2v) is 8.75. The van der Waals surface area contributed by atoms with Crippen molar-refractivity contribution in [2.45, 2.75) is 32.0 Å². The van der Waals surface area contributed by atoms with Crippen LogP contribution < -0.4 is 10.2 Å². The van der Waals surface area contributed by atoms with Gasteiger partial charge in [-0.2, -0.15) is 13.2 Å². The summed E-state index contributed by atoms with van der Waals surface area (Å²) < 4.78 is 55.2. The Bertz CT molecular complexity index is 1460. The molecule has 1 aromatic carbocycles. The second kappa shape index (κ2) is 9.30. The van der Waals surface area contributed by atoms with Gasteiger partial charge in [-0.3, -0.25) is 0 Å². The standard InChI is InChI=1S/C24H21F4N7O2/c1-13-8-14(22(36)37)2-3-18(13)33-20-19-17(25)11-35(21(19)32-12-31-20)16-4-6-34(7-5-16)23-29-9-15(10-30-23)24(26,27)28/h2-3,8-12,16H,4-7H2,1H3,(H,36,37)(H,31,32,33). The highest BCUT2D eigenvalue weighted by Gasteiger charge is 2.32. The van der Waals surface area contributed by atoms with Crippen LogP contribution >= 0.6 is 0 Å². The molecule has 0 unspecified atom stereocenters. The molecule has 0 radical (unpaired) electrons. The van der Waals surface area contributed by atoms with Crippen molar-refractivity contribution >= 4 is 34.5 Å². The molecule has 1 saturated heterocycles. The molecule has 0 atom stereocenters. The van der Waals surface area contributed by atoms with Gasteiger partial charge in [0.15, 0.2) is 5.82 Å². The fourth-order valence-corrected chi connectivity index (χ4v) is 4.45. The Morgan fingerprint density at radius 2 is 1.81 bits per heavy atom. The molecule has 0 amide bonds. The van der Waals surface area contributed by atoms with Crippen LogP contribution in [0.15, 0.2) is 43.1 Å². The van der Waals surface area contributed by atoms with Crippen molar-refractivity contribution in [1.82, 2.24) is 24.5 Å². The number of carboxylic acids is 1. The highest BCUT2D eigenvalue weighted by Crippen LogP contribution is 2.34. The molecule has 4 aromatic rings. The van der Waals surface area contributed by atoms with Gasteiger partial charge in [-0.05, 0) is 43.5 Å². The smallest absolute Gasteiger partial charge is 0.419 e. The van der Waals surface area contributed by atoms with Gasteiger partial charge in [0, 0.05) is 43.4 Å². The number of piperidine rings is 1. The van der Waals surface area contributed by atoms with Crippen LogP contribution in [-0.4, -0.2) is 48.7 Å². The van der Waals surface area contributed by atoms with Crippen LogP contribution in [0.5, 0.6) is 0 Å². The first-order valence-electron chi connectivity index (χ1n) is 11.4. The zero-order valence-corrected chi connectivity index (χ0v) is 19.5. The predicted molar refractivity (Wildman–Crippen MR) is 126 cm³/mol. The van der Waals surface area contributed by atoms with Gasteiger partial charge in [0.2, 0.25) is 5.95 Å². The molecule has 1 fully saturated rings. The Labute approximate surface area is 207 Å². The zero-order chi connectivity index (χ0) is 26.3. The summed E-state index contributed by atoms with van der Waals surface area (Å²) in [6.45, 7) is 2.69. The number of benzene rings is 1. The molecule has 4 heterocycles. The van der Waals surface area contributed by atoms with E-state index in [0.29, 0.717) is 42.8 Å². The number of nitrogens with zero attached hydrogens (tertiary/aromatic N) is 6. The van der Waals surface area contributed by atoms with E-state index in [2.05, 4.69) is 25.3 Å². The fourth-order valence-electron chi connectivity index (χ4n) is 4.45. The molecular formula is C24H21F4N7O2. The Balaban J connectivity index is 1.35. The van der Waals surface area contributed by atoms with Gasteiger partial charge in [-0.1, -0.05) is 0 Å². The van der Waals surface area contributed by atoms with Gasteiger partial charge in [0.05, 0.1) is 16.5 Å². The molecule has 0 spiro atoms. The first-order valence-corrected chi connectivity index (χ1v) is 11.4. The Morgan fingerprint density at radius 3 is 2.43 bits per heavy atom. The number of aromatic carboxylic acids is 1. The van der Waals surface area contributed by atoms with Crippen LogP contribution in [0.4, 0.5) is 35.0 Å². The Kier molecular flexibility index (Phi) is 6.13. The van der Waals surface area contributed by atoms with Crippen molar-refractivity contribution in [3.8, 4) is 0 Å². The minimum Gasteiger partial charge on any atom is -0.478 e. The number of aromatic nitrogens is 5. The first kappa shape index (κ1) is 24.4. The molecule has 9 nitrogen and oxygen atoms in total. The van der Waals surface area contributed by atoms with Crippen LogP contribution in [0.3, 0.4) is 0 Å². The third-order valence-electron chi connectivity index (χ3n) is 6.40. The van der Waals surface area contributed by atoms with E-state index >= 15 is 4.39 Å². The summed E-state index contributed by atoms with van der Waals surface area (Å²) >= 11 is 0. The SMILES string of the molecule is Cc1cc(C(=O)O)ccc1Nc1ncnc2c1c(F)cn2C1CCN(c2ncc(C(F)(F)F)cn2)CC1. The lowest BCUT2D eigenvalue weighted by atomic mass is 10.1. The van der Waals surface area contributed by atoms with Gasteiger partial charge in [0.25, 0.3) is 0 Å². The molecule has 5 rings (SSSR count). The monoisotopic (exact) mass is 515 g/mol. The Hall–Kier alpha value is -4.29. The minimum absolute atomic E-state index is 0.1000. The molecule has 192 valence electrons. The van der Waals surface area contributed by atoms with E-state index in [-0.39, 0.29) is 28.8 Å². The molecule has 0 saturated carbocycles. The molecule has 1 aliphatic rings. The van der Waals surface area contributed by atoms with E-state index < -0.39 is 23.5 Å². The van der Waals surface area contributed by atoms with E-state index in [0.717, 1.165) is 12.4 Å².